The highest BCUT2D eigenvalue weighted by Gasteiger charge is 2.11. The summed E-state index contributed by atoms with van der Waals surface area (Å²) in [5.41, 5.74) is 1.31. The Morgan fingerprint density at radius 1 is 1.40 bits per heavy atom. The molecule has 15 heavy (non-hydrogen) atoms. The van der Waals surface area contributed by atoms with Crippen LogP contribution in [-0.4, -0.2) is 24.1 Å². The standard InChI is InChI=1S/C11H17N3.ClH/c1-2-11(9-13-5-1)14-8-10-3-6-12-7-4-10;/h3-4,6-7,11,13-14H,1-2,5,8-9H2;1H/t11-;/m1./s1. The third-order valence-electron chi connectivity index (χ3n) is 2.64. The Morgan fingerprint density at radius 3 is 2.87 bits per heavy atom. The molecule has 4 heteroatoms. The summed E-state index contributed by atoms with van der Waals surface area (Å²) in [6.07, 6.45) is 6.26. The molecule has 1 aliphatic rings. The van der Waals surface area contributed by atoms with Crippen molar-refractivity contribution in [2.24, 2.45) is 0 Å². The van der Waals surface area contributed by atoms with Gasteiger partial charge in [0, 0.05) is 31.5 Å². The predicted molar refractivity (Wildman–Crippen MR) is 64.2 cm³/mol. The number of rotatable bonds is 3. The molecule has 0 bridgehead atoms. The minimum atomic E-state index is 0. The van der Waals surface area contributed by atoms with Gasteiger partial charge in [0.05, 0.1) is 0 Å². The summed E-state index contributed by atoms with van der Waals surface area (Å²) >= 11 is 0. The van der Waals surface area contributed by atoms with Gasteiger partial charge in [0.2, 0.25) is 0 Å². The number of hydrogen-bond acceptors (Lipinski definition) is 3. The topological polar surface area (TPSA) is 37.0 Å². The predicted octanol–water partition coefficient (Wildman–Crippen LogP) is 1.34. The summed E-state index contributed by atoms with van der Waals surface area (Å²) in [7, 11) is 0. The first-order valence-electron chi connectivity index (χ1n) is 5.28. The van der Waals surface area contributed by atoms with Crippen LogP contribution >= 0.6 is 12.4 Å². The van der Waals surface area contributed by atoms with Gasteiger partial charge in [0.15, 0.2) is 0 Å². The molecular weight excluding hydrogens is 210 g/mol. The van der Waals surface area contributed by atoms with Crippen molar-refractivity contribution in [2.75, 3.05) is 13.1 Å². The van der Waals surface area contributed by atoms with E-state index >= 15 is 0 Å². The molecule has 0 unspecified atom stereocenters. The van der Waals surface area contributed by atoms with Crippen molar-refractivity contribution in [3.05, 3.63) is 30.1 Å². The van der Waals surface area contributed by atoms with Gasteiger partial charge < -0.3 is 10.6 Å². The fraction of sp³-hybridized carbons (Fsp3) is 0.545. The molecule has 1 atom stereocenters. The molecule has 84 valence electrons. The summed E-state index contributed by atoms with van der Waals surface area (Å²) in [4.78, 5) is 4.00. The van der Waals surface area contributed by atoms with Crippen LogP contribution in [0.15, 0.2) is 24.5 Å². The van der Waals surface area contributed by atoms with Gasteiger partial charge >= 0.3 is 0 Å². The number of halogens is 1. The van der Waals surface area contributed by atoms with Crippen LogP contribution in [0, 0.1) is 0 Å². The van der Waals surface area contributed by atoms with Gasteiger partial charge in [-0.3, -0.25) is 4.98 Å². The van der Waals surface area contributed by atoms with E-state index in [4.69, 9.17) is 0 Å². The van der Waals surface area contributed by atoms with Crippen LogP contribution < -0.4 is 10.6 Å². The molecule has 2 rings (SSSR count). The highest BCUT2D eigenvalue weighted by molar-refractivity contribution is 5.85. The minimum Gasteiger partial charge on any atom is -0.315 e. The molecular formula is C11H18ClN3. The van der Waals surface area contributed by atoms with Crippen LogP contribution in [0.3, 0.4) is 0 Å². The second-order valence-electron chi connectivity index (χ2n) is 3.78. The largest absolute Gasteiger partial charge is 0.315 e. The summed E-state index contributed by atoms with van der Waals surface area (Å²) in [5, 5.41) is 6.94. The molecule has 1 aliphatic heterocycles. The first-order valence-corrected chi connectivity index (χ1v) is 5.28. The smallest absolute Gasteiger partial charge is 0.0271 e. The van der Waals surface area contributed by atoms with Gasteiger partial charge in [0.25, 0.3) is 0 Å². The lowest BCUT2D eigenvalue weighted by Gasteiger charge is -2.23. The first kappa shape index (κ1) is 12.4. The SMILES string of the molecule is Cl.c1cc(CN[C@@H]2CCCNC2)ccn1. The van der Waals surface area contributed by atoms with E-state index in [0.717, 1.165) is 13.1 Å². The van der Waals surface area contributed by atoms with Gasteiger partial charge in [-0.2, -0.15) is 0 Å². The zero-order valence-electron chi connectivity index (χ0n) is 8.78. The lowest BCUT2D eigenvalue weighted by molar-refractivity contribution is 0.389. The number of nitrogens with zero attached hydrogens (tertiary/aromatic N) is 1. The van der Waals surface area contributed by atoms with E-state index in [2.05, 4.69) is 27.8 Å². The average Bonchev–Trinajstić information content (AvgIpc) is 2.29. The van der Waals surface area contributed by atoms with Crippen LogP contribution in [0.2, 0.25) is 0 Å². The number of nitrogens with one attached hydrogen (secondary N) is 2. The van der Waals surface area contributed by atoms with Gasteiger partial charge in [-0.25, -0.2) is 0 Å². The first-order chi connectivity index (χ1) is 6.95. The van der Waals surface area contributed by atoms with Crippen molar-refractivity contribution < 1.29 is 0 Å². The second kappa shape index (κ2) is 6.77. The minimum absolute atomic E-state index is 0. The Bertz CT molecular complexity index is 260. The van der Waals surface area contributed by atoms with E-state index in [-0.39, 0.29) is 12.4 Å². The molecule has 1 aromatic heterocycles. The summed E-state index contributed by atoms with van der Waals surface area (Å²) in [6.45, 7) is 3.23. The normalized spacial score (nSPS) is 20.7. The zero-order valence-corrected chi connectivity index (χ0v) is 9.59. The van der Waals surface area contributed by atoms with Gasteiger partial charge in [0.1, 0.15) is 0 Å². The van der Waals surface area contributed by atoms with E-state index < -0.39 is 0 Å². The Balaban J connectivity index is 0.00000112. The van der Waals surface area contributed by atoms with E-state index in [1.54, 1.807) is 0 Å². The molecule has 0 radical (unpaired) electrons. The summed E-state index contributed by atoms with van der Waals surface area (Å²) < 4.78 is 0. The van der Waals surface area contributed by atoms with E-state index in [9.17, 15) is 0 Å². The Hall–Kier alpha value is -0.640. The monoisotopic (exact) mass is 227 g/mol. The van der Waals surface area contributed by atoms with Crippen LogP contribution in [0.4, 0.5) is 0 Å². The second-order valence-corrected chi connectivity index (χ2v) is 3.78. The van der Waals surface area contributed by atoms with Gasteiger partial charge in [-0.05, 0) is 37.1 Å². The van der Waals surface area contributed by atoms with Crippen molar-refractivity contribution in [1.82, 2.24) is 15.6 Å². The molecule has 1 fully saturated rings. The fourth-order valence-electron chi connectivity index (χ4n) is 1.79. The molecule has 0 amide bonds. The molecule has 2 N–H and O–H groups in total. The lowest BCUT2D eigenvalue weighted by Crippen LogP contribution is -2.42. The van der Waals surface area contributed by atoms with E-state index in [1.165, 1.54) is 24.9 Å². The molecule has 1 saturated heterocycles. The average molecular weight is 228 g/mol. The molecule has 0 aromatic carbocycles. The molecule has 2 heterocycles. The fourth-order valence-corrected chi connectivity index (χ4v) is 1.79. The maximum atomic E-state index is 4.00. The van der Waals surface area contributed by atoms with Crippen LogP contribution in [0.5, 0.6) is 0 Å². The number of piperidine rings is 1. The summed E-state index contributed by atoms with van der Waals surface area (Å²) in [6, 6.07) is 4.75. The van der Waals surface area contributed by atoms with Crippen LogP contribution in [0.25, 0.3) is 0 Å². The van der Waals surface area contributed by atoms with Crippen molar-refractivity contribution in [1.29, 1.82) is 0 Å². The number of hydrogen-bond donors (Lipinski definition) is 2. The Kier molecular flexibility index (Phi) is 5.61. The van der Waals surface area contributed by atoms with Crippen molar-refractivity contribution in [2.45, 2.75) is 25.4 Å². The van der Waals surface area contributed by atoms with Crippen LogP contribution in [-0.2, 0) is 6.54 Å². The van der Waals surface area contributed by atoms with Crippen molar-refractivity contribution in [3.8, 4) is 0 Å². The van der Waals surface area contributed by atoms with Crippen molar-refractivity contribution >= 4 is 12.4 Å². The van der Waals surface area contributed by atoms with Crippen molar-refractivity contribution in [3.63, 3.8) is 0 Å². The summed E-state index contributed by atoms with van der Waals surface area (Å²) in [5.74, 6) is 0. The van der Waals surface area contributed by atoms with E-state index in [1.807, 2.05) is 12.4 Å². The Morgan fingerprint density at radius 2 is 2.20 bits per heavy atom. The lowest BCUT2D eigenvalue weighted by atomic mass is 10.1. The highest BCUT2D eigenvalue weighted by Crippen LogP contribution is 2.03. The molecule has 0 saturated carbocycles. The van der Waals surface area contributed by atoms with E-state index in [0.29, 0.717) is 6.04 Å². The molecule has 0 spiro atoms. The maximum Gasteiger partial charge on any atom is 0.0271 e. The molecule has 0 aliphatic carbocycles. The Labute approximate surface area is 97.1 Å². The number of aromatic nitrogens is 1. The number of pyridine rings is 1. The third-order valence-corrected chi connectivity index (χ3v) is 2.64. The zero-order chi connectivity index (χ0) is 9.64. The third kappa shape index (κ3) is 4.16. The van der Waals surface area contributed by atoms with Gasteiger partial charge in [-0.15, -0.1) is 12.4 Å². The quantitative estimate of drug-likeness (QED) is 0.819. The molecule has 3 nitrogen and oxygen atoms in total. The van der Waals surface area contributed by atoms with Crippen LogP contribution in [0.1, 0.15) is 18.4 Å². The highest BCUT2D eigenvalue weighted by atomic mass is 35.5. The molecule has 1 aromatic rings. The van der Waals surface area contributed by atoms with Gasteiger partial charge in [-0.1, -0.05) is 0 Å². The maximum absolute atomic E-state index is 4.00.